The molecule has 2 heterocycles. The van der Waals surface area contributed by atoms with E-state index in [1.54, 1.807) is 6.07 Å². The molecule has 7 heteroatoms. The van der Waals surface area contributed by atoms with Crippen LogP contribution < -0.4 is 5.32 Å². The van der Waals surface area contributed by atoms with Gasteiger partial charge in [0.1, 0.15) is 17.8 Å². The second-order valence-corrected chi connectivity index (χ2v) is 7.11. The predicted octanol–water partition coefficient (Wildman–Crippen LogP) is 2.06. The first kappa shape index (κ1) is 18.8. The van der Waals surface area contributed by atoms with Crippen LogP contribution in [-0.4, -0.2) is 51.4 Å². The van der Waals surface area contributed by atoms with Crippen LogP contribution >= 0.6 is 0 Å². The number of amides is 2. The number of hydrogen-bond donors (Lipinski definition) is 2. The van der Waals surface area contributed by atoms with Gasteiger partial charge in [-0.3, -0.25) is 9.59 Å². The fourth-order valence-corrected chi connectivity index (χ4v) is 3.39. The number of pyridine rings is 1. The zero-order valence-corrected chi connectivity index (χ0v) is 15.4. The Hall–Kier alpha value is -2.96. The molecule has 2 aromatic rings. The van der Waals surface area contributed by atoms with Gasteiger partial charge in [0.05, 0.1) is 5.52 Å². The summed E-state index contributed by atoms with van der Waals surface area (Å²) in [5.74, 6) is -1.99. The van der Waals surface area contributed by atoms with Crippen LogP contribution in [0.2, 0.25) is 0 Å². The van der Waals surface area contributed by atoms with Crippen LogP contribution in [0.3, 0.4) is 0 Å². The number of carbonyl (C=O) groups excluding carboxylic acids is 2. The maximum Gasteiger partial charge on any atom is 0.326 e. The van der Waals surface area contributed by atoms with E-state index in [9.17, 15) is 19.5 Å². The Kier molecular flexibility index (Phi) is 5.39. The molecule has 1 saturated heterocycles. The van der Waals surface area contributed by atoms with Crippen molar-refractivity contribution < 1.29 is 19.5 Å². The number of nitrogens with zero attached hydrogens (tertiary/aromatic N) is 2. The zero-order valence-electron chi connectivity index (χ0n) is 15.4. The van der Waals surface area contributed by atoms with E-state index in [1.807, 2.05) is 44.2 Å². The van der Waals surface area contributed by atoms with E-state index in [2.05, 4.69) is 10.3 Å². The lowest BCUT2D eigenvalue weighted by Gasteiger charge is -2.29. The van der Waals surface area contributed by atoms with E-state index in [0.29, 0.717) is 24.9 Å². The molecule has 1 fully saturated rings. The van der Waals surface area contributed by atoms with E-state index >= 15 is 0 Å². The van der Waals surface area contributed by atoms with Gasteiger partial charge >= 0.3 is 5.97 Å². The van der Waals surface area contributed by atoms with Crippen molar-refractivity contribution in [2.75, 3.05) is 6.54 Å². The molecule has 0 saturated carbocycles. The van der Waals surface area contributed by atoms with Gasteiger partial charge in [0.2, 0.25) is 5.91 Å². The van der Waals surface area contributed by atoms with Gasteiger partial charge < -0.3 is 15.3 Å². The van der Waals surface area contributed by atoms with E-state index in [0.717, 1.165) is 5.39 Å². The topological polar surface area (TPSA) is 99.6 Å². The van der Waals surface area contributed by atoms with Crippen molar-refractivity contribution in [1.29, 1.82) is 0 Å². The molecule has 1 aliphatic heterocycles. The summed E-state index contributed by atoms with van der Waals surface area (Å²) in [5.41, 5.74) is 0.923. The Morgan fingerprint density at radius 3 is 2.63 bits per heavy atom. The van der Waals surface area contributed by atoms with E-state index in [4.69, 9.17) is 0 Å². The Labute approximate surface area is 157 Å². The molecule has 0 spiro atoms. The molecule has 142 valence electrons. The predicted molar refractivity (Wildman–Crippen MR) is 100 cm³/mol. The number of aromatic nitrogens is 1. The Morgan fingerprint density at radius 2 is 1.93 bits per heavy atom. The summed E-state index contributed by atoms with van der Waals surface area (Å²) in [6, 6.07) is 9.27. The SMILES string of the molecule is CC(C)C(NC(=O)c1ccc2ccccc2n1)C(=O)N1CCC[C@H]1C(=O)O. The smallest absolute Gasteiger partial charge is 0.326 e. The molecule has 1 unspecified atom stereocenters. The van der Waals surface area contributed by atoms with Gasteiger partial charge in [0.25, 0.3) is 5.91 Å². The van der Waals surface area contributed by atoms with E-state index in [1.165, 1.54) is 4.90 Å². The average molecular weight is 369 g/mol. The lowest BCUT2D eigenvalue weighted by Crippen LogP contribution is -2.53. The van der Waals surface area contributed by atoms with Crippen LogP contribution in [0.1, 0.15) is 37.2 Å². The van der Waals surface area contributed by atoms with Gasteiger partial charge in [0, 0.05) is 11.9 Å². The highest BCUT2D eigenvalue weighted by Gasteiger charge is 2.38. The van der Waals surface area contributed by atoms with Crippen molar-refractivity contribution in [1.82, 2.24) is 15.2 Å². The minimum absolute atomic E-state index is 0.183. The lowest BCUT2D eigenvalue weighted by molar-refractivity contribution is -0.149. The summed E-state index contributed by atoms with van der Waals surface area (Å²) in [4.78, 5) is 42.7. The Morgan fingerprint density at radius 1 is 1.19 bits per heavy atom. The van der Waals surface area contributed by atoms with Crippen molar-refractivity contribution in [3.63, 3.8) is 0 Å². The molecule has 0 aliphatic carbocycles. The van der Waals surface area contributed by atoms with Gasteiger partial charge in [-0.1, -0.05) is 38.1 Å². The number of nitrogens with one attached hydrogen (secondary N) is 1. The maximum absolute atomic E-state index is 12.9. The largest absolute Gasteiger partial charge is 0.480 e. The molecular weight excluding hydrogens is 346 g/mol. The van der Waals surface area contributed by atoms with Crippen LogP contribution in [0.4, 0.5) is 0 Å². The molecule has 27 heavy (non-hydrogen) atoms. The second kappa shape index (κ2) is 7.73. The minimum Gasteiger partial charge on any atom is -0.480 e. The first-order valence-electron chi connectivity index (χ1n) is 9.08. The number of carbonyl (C=O) groups is 3. The molecule has 0 radical (unpaired) electrons. The molecular formula is C20H23N3O4. The van der Waals surface area contributed by atoms with Crippen LogP contribution in [0, 0.1) is 5.92 Å². The molecule has 2 amide bonds. The fraction of sp³-hybridized carbons (Fsp3) is 0.400. The summed E-state index contributed by atoms with van der Waals surface area (Å²) < 4.78 is 0. The number of hydrogen-bond acceptors (Lipinski definition) is 4. The Balaban J connectivity index is 1.79. The highest BCUT2D eigenvalue weighted by Crippen LogP contribution is 2.20. The van der Waals surface area contributed by atoms with Gasteiger partial charge in [-0.25, -0.2) is 9.78 Å². The first-order valence-corrected chi connectivity index (χ1v) is 9.08. The molecule has 2 N–H and O–H groups in total. The summed E-state index contributed by atoms with van der Waals surface area (Å²) in [6.07, 6.45) is 1.08. The third kappa shape index (κ3) is 3.92. The number of likely N-dealkylation sites (tertiary alicyclic amines) is 1. The van der Waals surface area contributed by atoms with Crippen molar-refractivity contribution in [2.24, 2.45) is 5.92 Å². The van der Waals surface area contributed by atoms with Crippen molar-refractivity contribution in [3.05, 3.63) is 42.1 Å². The van der Waals surface area contributed by atoms with Gasteiger partial charge in [-0.15, -0.1) is 0 Å². The summed E-state index contributed by atoms with van der Waals surface area (Å²) in [6.45, 7) is 4.04. The van der Waals surface area contributed by atoms with Crippen molar-refractivity contribution >= 4 is 28.7 Å². The molecule has 1 aromatic carbocycles. The van der Waals surface area contributed by atoms with E-state index in [-0.39, 0.29) is 17.5 Å². The standard InChI is InChI=1S/C20H23N3O4/c1-12(2)17(19(25)23-11-5-8-16(23)20(26)27)22-18(24)15-10-9-13-6-3-4-7-14(13)21-15/h3-4,6-7,9-10,12,16-17H,5,8,11H2,1-2H3,(H,22,24)(H,26,27)/t16-,17?/m0/s1. The fourth-order valence-electron chi connectivity index (χ4n) is 3.39. The maximum atomic E-state index is 12.9. The number of aliphatic carboxylic acids is 1. The quantitative estimate of drug-likeness (QED) is 0.840. The number of carboxylic acid groups (broad SMARTS) is 1. The minimum atomic E-state index is -1.01. The summed E-state index contributed by atoms with van der Waals surface area (Å²) in [7, 11) is 0. The summed E-state index contributed by atoms with van der Waals surface area (Å²) >= 11 is 0. The molecule has 3 rings (SSSR count). The van der Waals surface area contributed by atoms with Gasteiger partial charge in [0.15, 0.2) is 0 Å². The molecule has 2 atom stereocenters. The van der Waals surface area contributed by atoms with Crippen molar-refractivity contribution in [2.45, 2.75) is 38.8 Å². The van der Waals surface area contributed by atoms with Crippen LogP contribution in [-0.2, 0) is 9.59 Å². The van der Waals surface area contributed by atoms with Crippen LogP contribution in [0.15, 0.2) is 36.4 Å². The number of benzene rings is 1. The molecule has 1 aliphatic rings. The third-order valence-electron chi connectivity index (χ3n) is 4.87. The third-order valence-corrected chi connectivity index (χ3v) is 4.87. The number of fused-ring (bicyclic) bond motifs is 1. The first-order chi connectivity index (χ1) is 12.9. The number of para-hydroxylation sites is 1. The normalized spacial score (nSPS) is 17.9. The molecule has 1 aromatic heterocycles. The Bertz CT molecular complexity index is 880. The average Bonchev–Trinajstić information content (AvgIpc) is 3.15. The van der Waals surface area contributed by atoms with Gasteiger partial charge in [-0.05, 0) is 30.9 Å². The number of carboxylic acids is 1. The van der Waals surface area contributed by atoms with Crippen LogP contribution in [0.25, 0.3) is 10.9 Å². The van der Waals surface area contributed by atoms with Crippen molar-refractivity contribution in [3.8, 4) is 0 Å². The summed E-state index contributed by atoms with van der Waals surface area (Å²) in [5, 5.41) is 13.0. The second-order valence-electron chi connectivity index (χ2n) is 7.11. The van der Waals surface area contributed by atoms with E-state index < -0.39 is 24.0 Å². The van der Waals surface area contributed by atoms with Gasteiger partial charge in [-0.2, -0.15) is 0 Å². The monoisotopic (exact) mass is 369 g/mol. The number of rotatable bonds is 5. The molecule has 0 bridgehead atoms. The highest BCUT2D eigenvalue weighted by atomic mass is 16.4. The molecule has 7 nitrogen and oxygen atoms in total. The highest BCUT2D eigenvalue weighted by molar-refractivity contribution is 5.98. The lowest BCUT2D eigenvalue weighted by atomic mass is 10.0. The zero-order chi connectivity index (χ0) is 19.6. The van der Waals surface area contributed by atoms with Crippen LogP contribution in [0.5, 0.6) is 0 Å².